The van der Waals surface area contributed by atoms with E-state index in [9.17, 15) is 8.42 Å². The van der Waals surface area contributed by atoms with Gasteiger partial charge in [-0.1, -0.05) is 6.07 Å². The van der Waals surface area contributed by atoms with Gasteiger partial charge in [0.1, 0.15) is 0 Å². The van der Waals surface area contributed by atoms with Crippen molar-refractivity contribution in [3.63, 3.8) is 0 Å². The third kappa shape index (κ3) is 5.11. The lowest BCUT2D eigenvalue weighted by atomic mass is 10.2. The molecule has 10 heteroatoms. The number of aliphatic imine (C=N–C) groups is 1. The second-order valence-corrected chi connectivity index (χ2v) is 7.70. The largest absolute Gasteiger partial charge is 0.454 e. The molecule has 0 spiro atoms. The zero-order valence-corrected chi connectivity index (χ0v) is 17.2. The Hall–Kier alpha value is -1.27. The molecule has 1 saturated heterocycles. The van der Waals surface area contributed by atoms with Crippen LogP contribution in [0.25, 0.3) is 0 Å². The Bertz CT molecular complexity index is 726. The van der Waals surface area contributed by atoms with Crippen molar-refractivity contribution >= 4 is 40.0 Å². The van der Waals surface area contributed by atoms with E-state index in [1.54, 1.807) is 7.05 Å². The first-order valence-corrected chi connectivity index (χ1v) is 9.50. The van der Waals surface area contributed by atoms with E-state index < -0.39 is 10.0 Å². The normalized spacial score (nSPS) is 18.7. The highest BCUT2D eigenvalue weighted by Crippen LogP contribution is 2.32. The summed E-state index contributed by atoms with van der Waals surface area (Å²) in [6, 6.07) is 5.78. The quantitative estimate of drug-likeness (QED) is 0.366. The highest BCUT2D eigenvalue weighted by molar-refractivity contribution is 14.0. The fourth-order valence-corrected chi connectivity index (χ4v) is 4.23. The molecule has 2 N–H and O–H groups in total. The molecule has 0 amide bonds. The van der Waals surface area contributed by atoms with Crippen molar-refractivity contribution in [2.24, 2.45) is 4.99 Å². The Morgan fingerprint density at radius 1 is 1.28 bits per heavy atom. The number of hydrogen-bond donors (Lipinski definition) is 2. The van der Waals surface area contributed by atoms with Gasteiger partial charge in [0.25, 0.3) is 0 Å². The predicted octanol–water partition coefficient (Wildman–Crippen LogP) is 0.734. The molecule has 0 bridgehead atoms. The maximum absolute atomic E-state index is 11.7. The number of hydrogen-bond acceptors (Lipinski definition) is 5. The Morgan fingerprint density at radius 3 is 2.80 bits per heavy atom. The van der Waals surface area contributed by atoms with E-state index in [1.807, 2.05) is 18.2 Å². The maximum Gasteiger partial charge on any atom is 0.231 e. The number of halogens is 1. The molecule has 0 atom stereocenters. The minimum absolute atomic E-state index is 0. The van der Waals surface area contributed by atoms with Gasteiger partial charge < -0.3 is 20.1 Å². The number of fused-ring (bicyclic) bond motifs is 1. The molecule has 0 unspecified atom stereocenters. The molecule has 0 aromatic heterocycles. The number of nitrogens with one attached hydrogen (secondary N) is 2. The van der Waals surface area contributed by atoms with Crippen LogP contribution in [-0.4, -0.2) is 57.9 Å². The second-order valence-electron chi connectivity index (χ2n) is 5.61. The highest BCUT2D eigenvalue weighted by atomic mass is 127. The van der Waals surface area contributed by atoms with Gasteiger partial charge in [0, 0.05) is 33.2 Å². The van der Waals surface area contributed by atoms with Gasteiger partial charge in [-0.3, -0.25) is 4.99 Å². The molecule has 1 fully saturated rings. The average Bonchev–Trinajstić information content (AvgIpc) is 3.16. The SMILES string of the molecule is CN=C(NCCN1CCCS1(=O)=O)NCc1ccc2c(c1)OCO2.I. The van der Waals surface area contributed by atoms with Gasteiger partial charge in [0.2, 0.25) is 16.8 Å². The van der Waals surface area contributed by atoms with Crippen LogP contribution in [0.15, 0.2) is 23.2 Å². The molecule has 8 nitrogen and oxygen atoms in total. The molecule has 0 aliphatic carbocycles. The van der Waals surface area contributed by atoms with Gasteiger partial charge in [-0.25, -0.2) is 12.7 Å². The zero-order valence-electron chi connectivity index (χ0n) is 14.0. The summed E-state index contributed by atoms with van der Waals surface area (Å²) >= 11 is 0. The Morgan fingerprint density at radius 2 is 2.08 bits per heavy atom. The lowest BCUT2D eigenvalue weighted by molar-refractivity contribution is 0.174. The smallest absolute Gasteiger partial charge is 0.231 e. The minimum atomic E-state index is -3.05. The van der Waals surface area contributed by atoms with Gasteiger partial charge >= 0.3 is 0 Å². The summed E-state index contributed by atoms with van der Waals surface area (Å²) in [5, 5.41) is 6.33. The summed E-state index contributed by atoms with van der Waals surface area (Å²) in [4.78, 5) is 4.15. The van der Waals surface area contributed by atoms with Crippen molar-refractivity contribution in [2.45, 2.75) is 13.0 Å². The van der Waals surface area contributed by atoms with E-state index in [0.717, 1.165) is 17.1 Å². The molecule has 2 aliphatic rings. The molecule has 1 aromatic carbocycles. The van der Waals surface area contributed by atoms with E-state index in [0.29, 0.717) is 38.6 Å². The molecule has 2 aliphatic heterocycles. The predicted molar refractivity (Wildman–Crippen MR) is 106 cm³/mol. The van der Waals surface area contributed by atoms with E-state index in [2.05, 4.69) is 15.6 Å². The zero-order chi connectivity index (χ0) is 17.0. The summed E-state index contributed by atoms with van der Waals surface area (Å²) in [6.45, 7) is 2.41. The summed E-state index contributed by atoms with van der Waals surface area (Å²) in [6.07, 6.45) is 0.708. The highest BCUT2D eigenvalue weighted by Gasteiger charge is 2.27. The number of guanidine groups is 1. The standard InChI is InChI=1S/C15H22N4O4S.HI/c1-16-15(17-5-7-19-6-2-8-24(19,20)21)18-10-12-3-4-13-14(9-12)23-11-22-13;/h3-4,9H,2,5-8,10-11H2,1H3,(H2,16,17,18);1H. The topological polar surface area (TPSA) is 92.3 Å². The summed E-state index contributed by atoms with van der Waals surface area (Å²) in [5.41, 5.74) is 1.05. The van der Waals surface area contributed by atoms with Crippen molar-refractivity contribution in [2.75, 3.05) is 39.2 Å². The molecule has 0 saturated carbocycles. The lowest BCUT2D eigenvalue weighted by Crippen LogP contribution is -2.41. The van der Waals surface area contributed by atoms with Gasteiger partial charge in [0.05, 0.1) is 5.75 Å². The molecule has 3 rings (SSSR count). The molecule has 1 aromatic rings. The first kappa shape index (κ1) is 20.0. The molecular weight excluding hydrogens is 459 g/mol. The van der Waals surface area contributed by atoms with E-state index in [1.165, 1.54) is 4.31 Å². The fourth-order valence-electron chi connectivity index (χ4n) is 2.70. The second kappa shape index (κ2) is 8.90. The Kier molecular flexibility index (Phi) is 7.14. The first-order valence-electron chi connectivity index (χ1n) is 7.89. The van der Waals surface area contributed by atoms with Crippen molar-refractivity contribution in [3.05, 3.63) is 23.8 Å². The van der Waals surface area contributed by atoms with Crippen LogP contribution >= 0.6 is 24.0 Å². The third-order valence-electron chi connectivity index (χ3n) is 3.98. The van der Waals surface area contributed by atoms with Gasteiger partial charge in [0.15, 0.2) is 17.5 Å². The molecular formula is C15H23IN4O4S. The van der Waals surface area contributed by atoms with Crippen LogP contribution in [0.1, 0.15) is 12.0 Å². The molecule has 140 valence electrons. The molecule has 2 heterocycles. The molecule has 25 heavy (non-hydrogen) atoms. The summed E-state index contributed by atoms with van der Waals surface area (Å²) in [5.74, 6) is 2.39. The van der Waals surface area contributed by atoms with Crippen molar-refractivity contribution in [3.8, 4) is 11.5 Å². The van der Waals surface area contributed by atoms with Crippen LogP contribution in [-0.2, 0) is 16.6 Å². The number of ether oxygens (including phenoxy) is 2. The lowest BCUT2D eigenvalue weighted by Gasteiger charge is -2.16. The number of sulfonamides is 1. The van der Waals surface area contributed by atoms with Gasteiger partial charge in [-0.2, -0.15) is 0 Å². The van der Waals surface area contributed by atoms with Crippen LogP contribution in [0.2, 0.25) is 0 Å². The Labute approximate surface area is 165 Å². The number of rotatable bonds is 5. The van der Waals surface area contributed by atoms with Crippen molar-refractivity contribution in [1.82, 2.24) is 14.9 Å². The van der Waals surface area contributed by atoms with Crippen LogP contribution in [0.4, 0.5) is 0 Å². The van der Waals surface area contributed by atoms with Crippen molar-refractivity contribution in [1.29, 1.82) is 0 Å². The van der Waals surface area contributed by atoms with Crippen LogP contribution in [0, 0.1) is 0 Å². The number of benzene rings is 1. The van der Waals surface area contributed by atoms with E-state index in [4.69, 9.17) is 9.47 Å². The number of nitrogens with zero attached hydrogens (tertiary/aromatic N) is 2. The fraction of sp³-hybridized carbons (Fsp3) is 0.533. The van der Waals surface area contributed by atoms with E-state index in [-0.39, 0.29) is 36.5 Å². The summed E-state index contributed by atoms with van der Waals surface area (Å²) < 4.78 is 35.6. The van der Waals surface area contributed by atoms with Crippen LogP contribution in [0.3, 0.4) is 0 Å². The van der Waals surface area contributed by atoms with Crippen LogP contribution < -0.4 is 20.1 Å². The monoisotopic (exact) mass is 482 g/mol. The van der Waals surface area contributed by atoms with Gasteiger partial charge in [-0.15, -0.1) is 24.0 Å². The van der Waals surface area contributed by atoms with Gasteiger partial charge in [-0.05, 0) is 24.1 Å². The minimum Gasteiger partial charge on any atom is -0.454 e. The third-order valence-corrected chi connectivity index (χ3v) is 5.93. The first-order chi connectivity index (χ1) is 11.6. The Balaban J connectivity index is 0.00000225. The average molecular weight is 482 g/mol. The maximum atomic E-state index is 11.7. The van der Waals surface area contributed by atoms with Crippen LogP contribution in [0.5, 0.6) is 11.5 Å². The van der Waals surface area contributed by atoms with E-state index >= 15 is 0 Å². The van der Waals surface area contributed by atoms with Crippen molar-refractivity contribution < 1.29 is 17.9 Å². The summed E-state index contributed by atoms with van der Waals surface area (Å²) in [7, 11) is -1.36. The molecule has 0 radical (unpaired) electrons.